The van der Waals surface area contributed by atoms with E-state index < -0.39 is 0 Å². The molecule has 4 nitrogen and oxygen atoms in total. The van der Waals surface area contributed by atoms with Crippen LogP contribution in [-0.4, -0.2) is 19.1 Å². The van der Waals surface area contributed by atoms with Crippen molar-refractivity contribution in [1.82, 2.24) is 5.32 Å². The predicted molar refractivity (Wildman–Crippen MR) is 74.1 cm³/mol. The molecule has 1 aromatic rings. The molecule has 0 atom stereocenters. The van der Waals surface area contributed by atoms with E-state index in [2.05, 4.69) is 5.32 Å². The van der Waals surface area contributed by atoms with Gasteiger partial charge < -0.3 is 15.8 Å². The number of amides is 1. The standard InChI is InChI=1S/C15H20N2O2/c1-19-13-8-11(16)6-7-12(13)15(18)17-14(9-2-3-9)10-4-5-10/h6-10,14H,2-5,16H2,1H3,(H,17,18). The molecule has 2 saturated carbocycles. The highest BCUT2D eigenvalue weighted by atomic mass is 16.5. The van der Waals surface area contributed by atoms with E-state index in [4.69, 9.17) is 10.5 Å². The molecule has 1 aromatic carbocycles. The lowest BCUT2D eigenvalue weighted by Crippen LogP contribution is -2.38. The van der Waals surface area contributed by atoms with E-state index >= 15 is 0 Å². The van der Waals surface area contributed by atoms with Crippen molar-refractivity contribution in [2.24, 2.45) is 11.8 Å². The normalized spacial score (nSPS) is 18.4. The van der Waals surface area contributed by atoms with Crippen molar-refractivity contribution < 1.29 is 9.53 Å². The van der Waals surface area contributed by atoms with Crippen LogP contribution >= 0.6 is 0 Å². The second kappa shape index (κ2) is 4.76. The van der Waals surface area contributed by atoms with Gasteiger partial charge in [-0.05, 0) is 49.7 Å². The van der Waals surface area contributed by atoms with Gasteiger partial charge >= 0.3 is 0 Å². The zero-order chi connectivity index (χ0) is 13.4. The van der Waals surface area contributed by atoms with Gasteiger partial charge in [-0.15, -0.1) is 0 Å². The molecule has 0 saturated heterocycles. The number of ether oxygens (including phenoxy) is 1. The van der Waals surface area contributed by atoms with Crippen LogP contribution in [-0.2, 0) is 0 Å². The van der Waals surface area contributed by atoms with Crippen LogP contribution in [0.4, 0.5) is 5.69 Å². The van der Waals surface area contributed by atoms with Crippen molar-refractivity contribution in [2.75, 3.05) is 12.8 Å². The molecule has 2 aliphatic rings. The van der Waals surface area contributed by atoms with E-state index in [0.717, 1.165) is 0 Å². The monoisotopic (exact) mass is 260 g/mol. The molecule has 19 heavy (non-hydrogen) atoms. The maximum Gasteiger partial charge on any atom is 0.255 e. The number of nitrogens with one attached hydrogen (secondary N) is 1. The first-order valence-corrected chi connectivity index (χ1v) is 6.93. The van der Waals surface area contributed by atoms with Gasteiger partial charge in [0, 0.05) is 17.8 Å². The van der Waals surface area contributed by atoms with Crippen molar-refractivity contribution in [1.29, 1.82) is 0 Å². The van der Waals surface area contributed by atoms with E-state index in [0.29, 0.717) is 34.9 Å². The summed E-state index contributed by atoms with van der Waals surface area (Å²) < 4.78 is 5.24. The smallest absolute Gasteiger partial charge is 0.255 e. The lowest BCUT2D eigenvalue weighted by atomic mass is 10.1. The first-order valence-electron chi connectivity index (χ1n) is 6.93. The Labute approximate surface area is 113 Å². The molecule has 0 bridgehead atoms. The number of nitrogens with two attached hydrogens (primary N) is 1. The molecule has 102 valence electrons. The molecule has 0 unspecified atom stereocenters. The van der Waals surface area contributed by atoms with Crippen LogP contribution in [0, 0.1) is 11.8 Å². The molecule has 0 radical (unpaired) electrons. The Kier molecular flexibility index (Phi) is 3.09. The van der Waals surface area contributed by atoms with Gasteiger partial charge in [0.2, 0.25) is 0 Å². The Balaban J connectivity index is 1.75. The maximum atomic E-state index is 12.4. The summed E-state index contributed by atoms with van der Waals surface area (Å²) >= 11 is 0. The van der Waals surface area contributed by atoms with Crippen LogP contribution in [0.15, 0.2) is 18.2 Å². The number of nitrogen functional groups attached to an aromatic ring is 1. The Morgan fingerprint density at radius 1 is 1.32 bits per heavy atom. The lowest BCUT2D eigenvalue weighted by Gasteiger charge is -2.18. The zero-order valence-corrected chi connectivity index (χ0v) is 11.2. The summed E-state index contributed by atoms with van der Waals surface area (Å²) in [7, 11) is 1.56. The molecule has 0 aliphatic heterocycles. The predicted octanol–water partition coefficient (Wildman–Crippen LogP) is 2.20. The minimum Gasteiger partial charge on any atom is -0.496 e. The van der Waals surface area contributed by atoms with Gasteiger partial charge in [-0.3, -0.25) is 4.79 Å². The molecular weight excluding hydrogens is 240 g/mol. The van der Waals surface area contributed by atoms with Gasteiger partial charge in [0.15, 0.2) is 0 Å². The summed E-state index contributed by atoms with van der Waals surface area (Å²) in [5, 5.41) is 3.19. The van der Waals surface area contributed by atoms with Crippen LogP contribution < -0.4 is 15.8 Å². The lowest BCUT2D eigenvalue weighted by molar-refractivity contribution is 0.0923. The molecule has 2 aliphatic carbocycles. The average Bonchev–Trinajstić information content (AvgIpc) is 3.28. The SMILES string of the molecule is COc1cc(N)ccc1C(=O)NC(C1CC1)C1CC1. The third-order valence-electron chi connectivity index (χ3n) is 4.03. The Morgan fingerprint density at radius 3 is 2.47 bits per heavy atom. The number of benzene rings is 1. The largest absolute Gasteiger partial charge is 0.496 e. The van der Waals surface area contributed by atoms with Gasteiger partial charge in [-0.1, -0.05) is 0 Å². The second-order valence-corrected chi connectivity index (χ2v) is 5.63. The summed E-state index contributed by atoms with van der Waals surface area (Å²) in [6.07, 6.45) is 5.00. The summed E-state index contributed by atoms with van der Waals surface area (Å²) in [6.45, 7) is 0. The van der Waals surface area contributed by atoms with Crippen LogP contribution in [0.1, 0.15) is 36.0 Å². The summed E-state index contributed by atoms with van der Waals surface area (Å²) in [5.41, 5.74) is 6.89. The van der Waals surface area contributed by atoms with Crippen molar-refractivity contribution >= 4 is 11.6 Å². The fourth-order valence-corrected chi connectivity index (χ4v) is 2.66. The summed E-state index contributed by atoms with van der Waals surface area (Å²) in [5.74, 6) is 1.89. The fourth-order valence-electron chi connectivity index (χ4n) is 2.66. The van der Waals surface area contributed by atoms with Crippen molar-refractivity contribution in [3.05, 3.63) is 23.8 Å². The van der Waals surface area contributed by atoms with E-state index in [1.165, 1.54) is 25.7 Å². The van der Waals surface area contributed by atoms with Crippen LogP contribution in [0.25, 0.3) is 0 Å². The van der Waals surface area contributed by atoms with Gasteiger partial charge in [0.25, 0.3) is 5.91 Å². The fraction of sp³-hybridized carbons (Fsp3) is 0.533. The summed E-state index contributed by atoms with van der Waals surface area (Å²) in [6, 6.07) is 5.52. The molecule has 0 spiro atoms. The number of rotatable bonds is 5. The molecule has 1 amide bonds. The first kappa shape index (κ1) is 12.3. The number of carbonyl (C=O) groups excluding carboxylic acids is 1. The number of hydrogen-bond acceptors (Lipinski definition) is 3. The Hall–Kier alpha value is -1.71. The van der Waals surface area contributed by atoms with Gasteiger partial charge in [-0.25, -0.2) is 0 Å². The Bertz CT molecular complexity index is 481. The molecule has 0 heterocycles. The number of hydrogen-bond donors (Lipinski definition) is 2. The van der Waals surface area contributed by atoms with Crippen molar-refractivity contribution in [3.8, 4) is 5.75 Å². The van der Waals surface area contributed by atoms with Crippen molar-refractivity contribution in [2.45, 2.75) is 31.7 Å². The number of carbonyl (C=O) groups is 1. The molecule has 3 N–H and O–H groups in total. The van der Waals surface area contributed by atoms with Gasteiger partial charge in [0.05, 0.1) is 12.7 Å². The van der Waals surface area contributed by atoms with E-state index in [-0.39, 0.29) is 5.91 Å². The van der Waals surface area contributed by atoms with Crippen LogP contribution in [0.5, 0.6) is 5.75 Å². The molecule has 2 fully saturated rings. The summed E-state index contributed by atoms with van der Waals surface area (Å²) in [4.78, 5) is 12.4. The molecule has 0 aromatic heterocycles. The van der Waals surface area contributed by atoms with Gasteiger partial charge in [-0.2, -0.15) is 0 Å². The van der Waals surface area contributed by atoms with E-state index in [9.17, 15) is 4.79 Å². The van der Waals surface area contributed by atoms with E-state index in [1.807, 2.05) is 0 Å². The van der Waals surface area contributed by atoms with Gasteiger partial charge in [0.1, 0.15) is 5.75 Å². The first-order chi connectivity index (χ1) is 9.19. The maximum absolute atomic E-state index is 12.4. The quantitative estimate of drug-likeness (QED) is 0.798. The van der Waals surface area contributed by atoms with Crippen molar-refractivity contribution in [3.63, 3.8) is 0 Å². The minimum absolute atomic E-state index is 0.0411. The highest BCUT2D eigenvalue weighted by Gasteiger charge is 2.42. The molecule has 4 heteroatoms. The van der Waals surface area contributed by atoms with Crippen LogP contribution in [0.3, 0.4) is 0 Å². The van der Waals surface area contributed by atoms with Crippen LogP contribution in [0.2, 0.25) is 0 Å². The highest BCUT2D eigenvalue weighted by Crippen LogP contribution is 2.44. The third-order valence-corrected chi connectivity index (χ3v) is 4.03. The number of anilines is 1. The molecular formula is C15H20N2O2. The zero-order valence-electron chi connectivity index (χ0n) is 11.2. The average molecular weight is 260 g/mol. The highest BCUT2D eigenvalue weighted by molar-refractivity contribution is 5.97. The Morgan fingerprint density at radius 2 is 1.95 bits per heavy atom. The van der Waals surface area contributed by atoms with E-state index in [1.54, 1.807) is 25.3 Å². The second-order valence-electron chi connectivity index (χ2n) is 5.63. The number of methoxy groups -OCH3 is 1. The topological polar surface area (TPSA) is 64.3 Å². The minimum atomic E-state index is -0.0411. The molecule has 3 rings (SSSR count). The third kappa shape index (κ3) is 2.67.